The van der Waals surface area contributed by atoms with Gasteiger partial charge in [0.25, 0.3) is 0 Å². The summed E-state index contributed by atoms with van der Waals surface area (Å²) >= 11 is 5.86. The first kappa shape index (κ1) is 16.3. The molecule has 2 aromatic carbocycles. The van der Waals surface area contributed by atoms with Gasteiger partial charge in [-0.25, -0.2) is 9.18 Å². The average molecular weight is 349 g/mol. The Morgan fingerprint density at radius 1 is 1.29 bits per heavy atom. The summed E-state index contributed by atoms with van der Waals surface area (Å²) in [6.45, 7) is 1.92. The molecule has 1 heterocycles. The second kappa shape index (κ2) is 6.49. The highest BCUT2D eigenvalue weighted by atomic mass is 35.5. The fraction of sp³-hybridized carbons (Fsp3) is 0.176. The van der Waals surface area contributed by atoms with Gasteiger partial charge in [-0.05, 0) is 36.8 Å². The molecule has 24 heavy (non-hydrogen) atoms. The summed E-state index contributed by atoms with van der Waals surface area (Å²) < 4.78 is 19.7. The van der Waals surface area contributed by atoms with Crippen molar-refractivity contribution >= 4 is 34.3 Å². The van der Waals surface area contributed by atoms with E-state index in [1.54, 1.807) is 31.2 Å². The van der Waals surface area contributed by atoms with Gasteiger partial charge in [0.2, 0.25) is 5.91 Å². The van der Waals surface area contributed by atoms with E-state index in [1.807, 2.05) is 0 Å². The zero-order valence-corrected chi connectivity index (χ0v) is 13.6. The van der Waals surface area contributed by atoms with E-state index in [1.165, 1.54) is 16.7 Å². The quantitative estimate of drug-likeness (QED) is 0.781. The van der Waals surface area contributed by atoms with Gasteiger partial charge in [0.15, 0.2) is 5.58 Å². The molecule has 3 rings (SSSR count). The number of benzene rings is 2. The minimum Gasteiger partial charge on any atom is -0.408 e. The van der Waals surface area contributed by atoms with Gasteiger partial charge >= 0.3 is 5.76 Å². The van der Waals surface area contributed by atoms with E-state index in [0.29, 0.717) is 21.8 Å². The number of oxazole rings is 1. The molecular formula is C17H14ClFN2O3. The van der Waals surface area contributed by atoms with Gasteiger partial charge in [0.05, 0.1) is 5.52 Å². The number of amides is 1. The molecule has 0 radical (unpaired) electrons. The minimum absolute atomic E-state index is 0.0487. The van der Waals surface area contributed by atoms with Crippen LogP contribution in [-0.2, 0) is 11.3 Å². The molecule has 0 aliphatic heterocycles. The number of aryl methyl sites for hydroxylation is 2. The third-order valence-corrected chi connectivity index (χ3v) is 3.90. The first-order valence-electron chi connectivity index (χ1n) is 7.29. The molecular weight excluding hydrogens is 335 g/mol. The molecule has 3 aromatic rings. The number of rotatable bonds is 4. The molecule has 5 nitrogen and oxygen atoms in total. The molecule has 0 bridgehead atoms. The largest absolute Gasteiger partial charge is 0.419 e. The van der Waals surface area contributed by atoms with Gasteiger partial charge in [0, 0.05) is 29.7 Å². The van der Waals surface area contributed by atoms with E-state index in [9.17, 15) is 14.0 Å². The van der Waals surface area contributed by atoms with Crippen LogP contribution in [-0.4, -0.2) is 10.5 Å². The Bertz CT molecular complexity index is 978. The molecule has 0 saturated carbocycles. The van der Waals surface area contributed by atoms with Crippen molar-refractivity contribution in [3.63, 3.8) is 0 Å². The molecule has 0 atom stereocenters. The molecule has 0 saturated heterocycles. The number of nitrogens with zero attached hydrogens (tertiary/aromatic N) is 1. The monoisotopic (exact) mass is 348 g/mol. The number of carbonyl (C=O) groups is 1. The Balaban J connectivity index is 1.74. The molecule has 124 valence electrons. The zero-order chi connectivity index (χ0) is 17.3. The van der Waals surface area contributed by atoms with Crippen molar-refractivity contribution in [2.45, 2.75) is 19.9 Å². The molecule has 0 fully saturated rings. The van der Waals surface area contributed by atoms with E-state index in [4.69, 9.17) is 16.0 Å². The van der Waals surface area contributed by atoms with E-state index in [0.717, 1.165) is 5.56 Å². The predicted octanol–water partition coefficient (Wildman–Crippen LogP) is 3.72. The number of anilines is 1. The number of carbonyl (C=O) groups excluding carboxylic acids is 1. The summed E-state index contributed by atoms with van der Waals surface area (Å²) in [5.74, 6) is -1.30. The molecule has 0 spiro atoms. The summed E-state index contributed by atoms with van der Waals surface area (Å²) in [5.41, 5.74) is 2.11. The smallest absolute Gasteiger partial charge is 0.408 e. The average Bonchev–Trinajstić information content (AvgIpc) is 2.83. The third kappa shape index (κ3) is 3.33. The molecule has 0 aliphatic carbocycles. The van der Waals surface area contributed by atoms with Crippen LogP contribution in [0.2, 0.25) is 5.02 Å². The number of halogens is 2. The molecule has 0 aliphatic rings. The van der Waals surface area contributed by atoms with Gasteiger partial charge < -0.3 is 9.73 Å². The van der Waals surface area contributed by atoms with E-state index in [2.05, 4.69) is 5.32 Å². The van der Waals surface area contributed by atoms with Gasteiger partial charge in [-0.3, -0.25) is 9.36 Å². The second-order valence-electron chi connectivity index (χ2n) is 5.39. The number of hydrogen-bond acceptors (Lipinski definition) is 3. The minimum atomic E-state index is -0.554. The standard InChI is InChI=1S/C17H14ClFN2O3/c1-10-2-4-12(19)9-13(10)20-16(22)6-7-21-14-5-3-11(18)8-15(14)24-17(21)23/h2-5,8-9H,6-7H2,1H3,(H,20,22). The molecule has 1 N–H and O–H groups in total. The number of nitrogens with one attached hydrogen (secondary N) is 1. The van der Waals surface area contributed by atoms with Crippen molar-refractivity contribution in [2.24, 2.45) is 0 Å². The van der Waals surface area contributed by atoms with Gasteiger partial charge in [-0.15, -0.1) is 0 Å². The lowest BCUT2D eigenvalue weighted by atomic mass is 10.2. The SMILES string of the molecule is Cc1ccc(F)cc1NC(=O)CCn1c(=O)oc2cc(Cl)ccc21. The normalized spacial score (nSPS) is 11.0. The maximum atomic E-state index is 13.2. The highest BCUT2D eigenvalue weighted by molar-refractivity contribution is 6.31. The highest BCUT2D eigenvalue weighted by Gasteiger charge is 2.12. The Labute approximate surface area is 141 Å². The fourth-order valence-corrected chi connectivity index (χ4v) is 2.57. The summed E-state index contributed by atoms with van der Waals surface area (Å²) in [6.07, 6.45) is 0.0487. The maximum absolute atomic E-state index is 13.2. The maximum Gasteiger partial charge on any atom is 0.419 e. The van der Waals surface area contributed by atoms with Crippen molar-refractivity contribution in [3.8, 4) is 0 Å². The molecule has 7 heteroatoms. The number of hydrogen-bond donors (Lipinski definition) is 1. The number of fused-ring (bicyclic) bond motifs is 1. The van der Waals surface area contributed by atoms with Crippen molar-refractivity contribution in [1.29, 1.82) is 0 Å². The van der Waals surface area contributed by atoms with Crippen molar-refractivity contribution in [2.75, 3.05) is 5.32 Å². The van der Waals surface area contributed by atoms with Crippen molar-refractivity contribution in [3.05, 3.63) is 63.4 Å². The van der Waals surface area contributed by atoms with Gasteiger partial charge in [-0.1, -0.05) is 17.7 Å². The number of aromatic nitrogens is 1. The lowest BCUT2D eigenvalue weighted by molar-refractivity contribution is -0.116. The Hall–Kier alpha value is -2.60. The van der Waals surface area contributed by atoms with Gasteiger partial charge in [0.1, 0.15) is 5.82 Å². The van der Waals surface area contributed by atoms with Crippen LogP contribution in [0.4, 0.5) is 10.1 Å². The van der Waals surface area contributed by atoms with E-state index >= 15 is 0 Å². The fourth-order valence-electron chi connectivity index (χ4n) is 2.41. The third-order valence-electron chi connectivity index (χ3n) is 3.67. The van der Waals surface area contributed by atoms with Crippen LogP contribution in [0, 0.1) is 12.7 Å². The first-order chi connectivity index (χ1) is 11.4. The summed E-state index contributed by atoms with van der Waals surface area (Å²) in [5, 5.41) is 3.10. The second-order valence-corrected chi connectivity index (χ2v) is 5.83. The zero-order valence-electron chi connectivity index (χ0n) is 12.8. The molecule has 1 amide bonds. The van der Waals surface area contributed by atoms with Gasteiger partial charge in [-0.2, -0.15) is 0 Å². The Kier molecular flexibility index (Phi) is 4.40. The summed E-state index contributed by atoms with van der Waals surface area (Å²) in [4.78, 5) is 24.0. The van der Waals surface area contributed by atoms with E-state index in [-0.39, 0.29) is 18.9 Å². The van der Waals surface area contributed by atoms with E-state index < -0.39 is 11.6 Å². The van der Waals surface area contributed by atoms with Crippen LogP contribution in [0.3, 0.4) is 0 Å². The van der Waals surface area contributed by atoms with Crippen LogP contribution in [0.25, 0.3) is 11.1 Å². The van der Waals surface area contributed by atoms with Crippen molar-refractivity contribution in [1.82, 2.24) is 4.57 Å². The van der Waals surface area contributed by atoms with Crippen LogP contribution in [0.1, 0.15) is 12.0 Å². The molecule has 0 unspecified atom stereocenters. The topological polar surface area (TPSA) is 64.2 Å². The highest BCUT2D eigenvalue weighted by Crippen LogP contribution is 2.19. The van der Waals surface area contributed by atoms with Crippen LogP contribution in [0.5, 0.6) is 0 Å². The summed E-state index contributed by atoms with van der Waals surface area (Å²) in [7, 11) is 0. The Morgan fingerprint density at radius 3 is 2.88 bits per heavy atom. The summed E-state index contributed by atoms with van der Waals surface area (Å²) in [6, 6.07) is 9.03. The lowest BCUT2D eigenvalue weighted by Crippen LogP contribution is -2.20. The lowest BCUT2D eigenvalue weighted by Gasteiger charge is -2.08. The van der Waals surface area contributed by atoms with Crippen molar-refractivity contribution < 1.29 is 13.6 Å². The first-order valence-corrected chi connectivity index (χ1v) is 7.67. The Morgan fingerprint density at radius 2 is 2.08 bits per heavy atom. The molecule has 1 aromatic heterocycles. The van der Waals surface area contributed by atoms with Crippen LogP contribution < -0.4 is 11.1 Å². The predicted molar refractivity (Wildman–Crippen MR) is 89.9 cm³/mol. The van der Waals surface area contributed by atoms with Crippen LogP contribution >= 0.6 is 11.6 Å². The van der Waals surface area contributed by atoms with Crippen LogP contribution in [0.15, 0.2) is 45.6 Å².